The summed E-state index contributed by atoms with van der Waals surface area (Å²) in [5.74, 6) is -0.369. The van der Waals surface area contributed by atoms with Crippen LogP contribution in [0.4, 0.5) is 0 Å². The summed E-state index contributed by atoms with van der Waals surface area (Å²) in [7, 11) is 0. The van der Waals surface area contributed by atoms with E-state index >= 15 is 0 Å². The molecular weight excluding hydrogens is 202 g/mol. The summed E-state index contributed by atoms with van der Waals surface area (Å²) in [6.07, 6.45) is 7.05. The van der Waals surface area contributed by atoms with Crippen LogP contribution in [-0.2, 0) is 4.79 Å². The van der Waals surface area contributed by atoms with Crippen LogP contribution in [-0.4, -0.2) is 23.7 Å². The van der Waals surface area contributed by atoms with Gasteiger partial charge in [-0.2, -0.15) is 0 Å². The molecule has 1 unspecified atom stereocenters. The van der Waals surface area contributed by atoms with Gasteiger partial charge in [0, 0.05) is 0 Å². The Hall–Kier alpha value is -1.09. The highest BCUT2D eigenvalue weighted by atomic mass is 16.4. The zero-order chi connectivity index (χ0) is 12.4. The van der Waals surface area contributed by atoms with Crippen molar-refractivity contribution in [2.75, 3.05) is 6.54 Å². The lowest BCUT2D eigenvalue weighted by Gasteiger charge is -2.18. The van der Waals surface area contributed by atoms with Gasteiger partial charge in [-0.1, -0.05) is 25.5 Å². The van der Waals surface area contributed by atoms with Gasteiger partial charge in [-0.3, -0.25) is 4.79 Å². The van der Waals surface area contributed by atoms with Gasteiger partial charge in [0.05, 0.1) is 0 Å². The minimum absolute atomic E-state index is 0.397. The number of nitrogens with one attached hydrogen (secondary N) is 1. The molecule has 92 valence electrons. The summed E-state index contributed by atoms with van der Waals surface area (Å²) in [5.41, 5.74) is 0. The molecule has 0 radical (unpaired) electrons. The molecule has 0 spiro atoms. The molecule has 0 heterocycles. The van der Waals surface area contributed by atoms with Gasteiger partial charge in [-0.15, -0.1) is 13.2 Å². The van der Waals surface area contributed by atoms with E-state index in [1.807, 2.05) is 19.1 Å². The third-order valence-electron chi connectivity index (χ3n) is 2.53. The predicted octanol–water partition coefficient (Wildman–Crippen LogP) is 2.60. The molecule has 1 atom stereocenters. The van der Waals surface area contributed by atoms with E-state index in [2.05, 4.69) is 18.5 Å². The molecule has 0 aliphatic rings. The maximum absolute atomic E-state index is 10.9. The topological polar surface area (TPSA) is 49.3 Å². The lowest BCUT2D eigenvalue weighted by molar-refractivity contribution is -0.139. The zero-order valence-electron chi connectivity index (χ0n) is 10.1. The van der Waals surface area contributed by atoms with E-state index in [1.165, 1.54) is 0 Å². The third-order valence-corrected chi connectivity index (χ3v) is 2.53. The van der Waals surface area contributed by atoms with Crippen LogP contribution in [0.1, 0.15) is 32.6 Å². The van der Waals surface area contributed by atoms with Crippen molar-refractivity contribution in [2.45, 2.75) is 38.6 Å². The molecule has 0 saturated heterocycles. The maximum Gasteiger partial charge on any atom is 0.320 e. The molecule has 0 fully saturated rings. The van der Waals surface area contributed by atoms with Crippen LogP contribution < -0.4 is 5.32 Å². The molecule has 3 nitrogen and oxygen atoms in total. The number of aliphatic carboxylic acids is 1. The highest BCUT2D eigenvalue weighted by molar-refractivity contribution is 5.73. The number of allylic oxidation sites excluding steroid dienone is 2. The van der Waals surface area contributed by atoms with E-state index in [0.29, 0.717) is 18.9 Å². The molecule has 0 aliphatic carbocycles. The number of carbonyl (C=O) groups is 1. The SMILES string of the molecule is C=CCC(CC=C)CNC(CCC)C(=O)O. The van der Waals surface area contributed by atoms with Gasteiger partial charge < -0.3 is 10.4 Å². The summed E-state index contributed by atoms with van der Waals surface area (Å²) < 4.78 is 0. The molecule has 0 bridgehead atoms. The van der Waals surface area contributed by atoms with Crippen molar-refractivity contribution in [1.82, 2.24) is 5.32 Å². The van der Waals surface area contributed by atoms with E-state index in [1.54, 1.807) is 0 Å². The van der Waals surface area contributed by atoms with E-state index in [0.717, 1.165) is 19.3 Å². The second-order valence-corrected chi connectivity index (χ2v) is 4.00. The first-order valence-electron chi connectivity index (χ1n) is 5.83. The number of hydrogen-bond acceptors (Lipinski definition) is 2. The maximum atomic E-state index is 10.9. The molecule has 0 rings (SSSR count). The summed E-state index contributed by atoms with van der Waals surface area (Å²) in [6, 6.07) is -0.429. The van der Waals surface area contributed by atoms with Crippen LogP contribution in [0.2, 0.25) is 0 Å². The normalized spacial score (nSPS) is 12.4. The number of carboxylic acids is 1. The van der Waals surface area contributed by atoms with Gasteiger partial charge in [-0.25, -0.2) is 0 Å². The smallest absolute Gasteiger partial charge is 0.320 e. The molecule has 16 heavy (non-hydrogen) atoms. The first-order chi connectivity index (χ1) is 7.65. The Morgan fingerprint density at radius 3 is 2.31 bits per heavy atom. The highest BCUT2D eigenvalue weighted by Crippen LogP contribution is 2.09. The van der Waals surface area contributed by atoms with E-state index < -0.39 is 12.0 Å². The largest absolute Gasteiger partial charge is 0.480 e. The van der Waals surface area contributed by atoms with Gasteiger partial charge in [0.25, 0.3) is 0 Å². The summed E-state index contributed by atoms with van der Waals surface area (Å²) in [4.78, 5) is 10.9. The van der Waals surface area contributed by atoms with E-state index in [9.17, 15) is 4.79 Å². The Bertz CT molecular complexity index is 216. The molecule has 2 N–H and O–H groups in total. The van der Waals surface area contributed by atoms with Crippen molar-refractivity contribution in [2.24, 2.45) is 5.92 Å². The van der Waals surface area contributed by atoms with Gasteiger partial charge in [0.1, 0.15) is 6.04 Å². The fourth-order valence-corrected chi connectivity index (χ4v) is 1.64. The minimum Gasteiger partial charge on any atom is -0.480 e. The first kappa shape index (κ1) is 14.9. The van der Waals surface area contributed by atoms with Crippen molar-refractivity contribution in [3.05, 3.63) is 25.3 Å². The van der Waals surface area contributed by atoms with Crippen molar-refractivity contribution < 1.29 is 9.90 Å². The molecule has 0 aromatic carbocycles. The molecule has 0 aromatic heterocycles. The van der Waals surface area contributed by atoms with E-state index in [4.69, 9.17) is 5.11 Å². The van der Waals surface area contributed by atoms with Crippen molar-refractivity contribution in [3.8, 4) is 0 Å². The second kappa shape index (κ2) is 9.16. The number of rotatable bonds is 10. The van der Waals surface area contributed by atoms with E-state index in [-0.39, 0.29) is 0 Å². The van der Waals surface area contributed by atoms with Crippen molar-refractivity contribution >= 4 is 5.97 Å². The first-order valence-corrected chi connectivity index (χ1v) is 5.83. The minimum atomic E-state index is -0.766. The summed E-state index contributed by atoms with van der Waals surface area (Å²) in [6.45, 7) is 10.1. The van der Waals surface area contributed by atoms with Crippen LogP contribution in [0.3, 0.4) is 0 Å². The summed E-state index contributed by atoms with van der Waals surface area (Å²) >= 11 is 0. The van der Waals surface area contributed by atoms with Crippen LogP contribution in [0.25, 0.3) is 0 Å². The standard InChI is InChI=1S/C13H23NO2/c1-4-7-11(8-5-2)10-14-12(9-6-3)13(15)16/h4-5,11-12,14H,1-2,6-10H2,3H3,(H,15,16). The van der Waals surface area contributed by atoms with Crippen molar-refractivity contribution in [1.29, 1.82) is 0 Å². The lowest BCUT2D eigenvalue weighted by atomic mass is 10.0. The Balaban J connectivity index is 4.07. The average Bonchev–Trinajstić information content (AvgIpc) is 2.24. The van der Waals surface area contributed by atoms with Crippen LogP contribution in [0.5, 0.6) is 0 Å². The quantitative estimate of drug-likeness (QED) is 0.562. The molecule has 3 heteroatoms. The predicted molar refractivity (Wildman–Crippen MR) is 67.5 cm³/mol. The third kappa shape index (κ3) is 6.40. The average molecular weight is 225 g/mol. The van der Waals surface area contributed by atoms with Gasteiger partial charge in [0.15, 0.2) is 0 Å². The number of carboxylic acid groups (broad SMARTS) is 1. The number of hydrogen-bond donors (Lipinski definition) is 2. The highest BCUT2D eigenvalue weighted by Gasteiger charge is 2.16. The Morgan fingerprint density at radius 2 is 1.94 bits per heavy atom. The van der Waals surface area contributed by atoms with Crippen molar-refractivity contribution in [3.63, 3.8) is 0 Å². The molecule has 0 aliphatic heterocycles. The van der Waals surface area contributed by atoms with Crippen LogP contribution in [0.15, 0.2) is 25.3 Å². The Kier molecular flexibility index (Phi) is 8.53. The summed E-state index contributed by atoms with van der Waals surface area (Å²) in [5, 5.41) is 12.1. The molecule has 0 aromatic rings. The monoisotopic (exact) mass is 225 g/mol. The molecule has 0 saturated carbocycles. The Labute approximate surface area is 98.2 Å². The Morgan fingerprint density at radius 1 is 1.38 bits per heavy atom. The molecule has 0 amide bonds. The fourth-order valence-electron chi connectivity index (χ4n) is 1.64. The lowest BCUT2D eigenvalue weighted by Crippen LogP contribution is -2.39. The molecular formula is C13H23NO2. The van der Waals surface area contributed by atoms with Gasteiger partial charge in [0.2, 0.25) is 0 Å². The van der Waals surface area contributed by atoms with Crippen LogP contribution >= 0.6 is 0 Å². The van der Waals surface area contributed by atoms with Gasteiger partial charge >= 0.3 is 5.97 Å². The fraction of sp³-hybridized carbons (Fsp3) is 0.615. The second-order valence-electron chi connectivity index (χ2n) is 4.00. The van der Waals surface area contributed by atoms with Gasteiger partial charge in [-0.05, 0) is 31.7 Å². The zero-order valence-corrected chi connectivity index (χ0v) is 10.1. The van der Waals surface area contributed by atoms with Crippen LogP contribution in [0, 0.1) is 5.92 Å².